The highest BCUT2D eigenvalue weighted by molar-refractivity contribution is 9.10. The minimum Gasteiger partial charge on any atom is -0.381 e. The van der Waals surface area contributed by atoms with E-state index in [4.69, 9.17) is 0 Å². The molecule has 0 spiro atoms. The fraction of sp³-hybridized carbons (Fsp3) is 0.368. The fourth-order valence-corrected chi connectivity index (χ4v) is 4.41. The van der Waals surface area contributed by atoms with Gasteiger partial charge in [-0.3, -0.25) is 4.72 Å². The Morgan fingerprint density at radius 2 is 1.73 bits per heavy atom. The van der Waals surface area contributed by atoms with E-state index < -0.39 is 10.0 Å². The van der Waals surface area contributed by atoms with Crippen molar-refractivity contribution in [1.29, 1.82) is 0 Å². The zero-order valence-electron chi connectivity index (χ0n) is 15.0. The number of aryl methyl sites for hydroxylation is 1. The van der Waals surface area contributed by atoms with Gasteiger partial charge >= 0.3 is 0 Å². The maximum atomic E-state index is 12.6. The molecule has 0 saturated carbocycles. The van der Waals surface area contributed by atoms with Gasteiger partial charge in [-0.1, -0.05) is 17.7 Å². The predicted molar refractivity (Wildman–Crippen MR) is 110 cm³/mol. The summed E-state index contributed by atoms with van der Waals surface area (Å²) in [6, 6.07) is 12.7. The first-order valence-electron chi connectivity index (χ1n) is 8.67. The lowest BCUT2D eigenvalue weighted by molar-refractivity contribution is 0.264. The molecule has 2 N–H and O–H groups in total. The van der Waals surface area contributed by atoms with E-state index in [2.05, 4.69) is 37.9 Å². The van der Waals surface area contributed by atoms with E-state index in [-0.39, 0.29) is 4.90 Å². The second-order valence-corrected chi connectivity index (χ2v) is 9.37. The lowest BCUT2D eigenvalue weighted by Crippen LogP contribution is -2.36. The zero-order chi connectivity index (χ0) is 18.7. The Morgan fingerprint density at radius 1 is 1.08 bits per heavy atom. The molecule has 0 aromatic heterocycles. The van der Waals surface area contributed by atoms with Gasteiger partial charge in [-0.15, -0.1) is 0 Å². The van der Waals surface area contributed by atoms with E-state index in [0.717, 1.165) is 41.7 Å². The van der Waals surface area contributed by atoms with Crippen LogP contribution in [0.2, 0.25) is 0 Å². The maximum Gasteiger partial charge on any atom is 0.261 e. The zero-order valence-corrected chi connectivity index (χ0v) is 17.4. The van der Waals surface area contributed by atoms with Crippen molar-refractivity contribution in [2.45, 2.75) is 30.7 Å². The third kappa shape index (κ3) is 4.78. The smallest absolute Gasteiger partial charge is 0.261 e. The van der Waals surface area contributed by atoms with Crippen LogP contribution in [-0.4, -0.2) is 39.5 Å². The number of nitrogens with one attached hydrogen (secondary N) is 2. The van der Waals surface area contributed by atoms with Crippen LogP contribution >= 0.6 is 15.9 Å². The summed E-state index contributed by atoms with van der Waals surface area (Å²) in [6.45, 7) is 4.06. The lowest BCUT2D eigenvalue weighted by atomic mass is 10.1. The summed E-state index contributed by atoms with van der Waals surface area (Å²) in [6.07, 6.45) is 2.14. The number of piperidine rings is 1. The van der Waals surface area contributed by atoms with Gasteiger partial charge in [0.15, 0.2) is 0 Å². The molecule has 1 saturated heterocycles. The average Bonchev–Trinajstić information content (AvgIpc) is 2.60. The first kappa shape index (κ1) is 19.2. The van der Waals surface area contributed by atoms with Crippen molar-refractivity contribution in [3.05, 3.63) is 52.5 Å². The van der Waals surface area contributed by atoms with Crippen LogP contribution in [0.25, 0.3) is 0 Å². The molecule has 1 aliphatic heterocycles. The monoisotopic (exact) mass is 437 g/mol. The third-order valence-corrected chi connectivity index (χ3v) is 6.72. The maximum absolute atomic E-state index is 12.6. The van der Waals surface area contributed by atoms with E-state index in [9.17, 15) is 8.42 Å². The topological polar surface area (TPSA) is 61.4 Å². The molecule has 5 nitrogen and oxygen atoms in total. The van der Waals surface area contributed by atoms with Crippen molar-refractivity contribution < 1.29 is 8.42 Å². The Balaban J connectivity index is 1.75. The Morgan fingerprint density at radius 3 is 2.38 bits per heavy atom. The average molecular weight is 438 g/mol. The summed E-state index contributed by atoms with van der Waals surface area (Å²) >= 11 is 3.55. The number of rotatable bonds is 5. The summed E-state index contributed by atoms with van der Waals surface area (Å²) in [5.74, 6) is 0. The van der Waals surface area contributed by atoms with Crippen molar-refractivity contribution >= 4 is 37.3 Å². The highest BCUT2D eigenvalue weighted by Gasteiger charge is 2.18. The first-order chi connectivity index (χ1) is 12.3. The Bertz CT molecular complexity index is 861. The molecule has 2 aromatic rings. The van der Waals surface area contributed by atoms with Crippen molar-refractivity contribution in [3.63, 3.8) is 0 Å². The molecular formula is C19H24BrN3O2S. The van der Waals surface area contributed by atoms with E-state index in [1.54, 1.807) is 30.3 Å². The minimum atomic E-state index is -3.60. The first-order valence-corrected chi connectivity index (χ1v) is 11.0. The number of nitrogens with zero attached hydrogens (tertiary/aromatic N) is 1. The van der Waals surface area contributed by atoms with Crippen LogP contribution in [0.4, 0.5) is 11.4 Å². The van der Waals surface area contributed by atoms with Gasteiger partial charge in [0.1, 0.15) is 0 Å². The van der Waals surface area contributed by atoms with Crippen LogP contribution in [0.1, 0.15) is 18.4 Å². The predicted octanol–water partition coefficient (Wildman–Crippen LogP) is 4.06. The van der Waals surface area contributed by atoms with Gasteiger partial charge in [-0.2, -0.15) is 0 Å². The Hall–Kier alpha value is -1.57. The highest BCUT2D eigenvalue weighted by Crippen LogP contribution is 2.29. The number of benzene rings is 2. The van der Waals surface area contributed by atoms with Gasteiger partial charge < -0.3 is 10.2 Å². The van der Waals surface area contributed by atoms with E-state index in [0.29, 0.717) is 11.7 Å². The number of hydrogen-bond donors (Lipinski definition) is 2. The van der Waals surface area contributed by atoms with E-state index in [1.807, 2.05) is 19.1 Å². The molecular weight excluding hydrogens is 414 g/mol. The molecule has 0 radical (unpaired) electrons. The van der Waals surface area contributed by atoms with E-state index >= 15 is 0 Å². The van der Waals surface area contributed by atoms with Gasteiger partial charge in [-0.05, 0) is 86.2 Å². The summed E-state index contributed by atoms with van der Waals surface area (Å²) in [5.41, 5.74) is 2.48. The summed E-state index contributed by atoms with van der Waals surface area (Å²) in [5, 5.41) is 3.53. The van der Waals surface area contributed by atoms with Gasteiger partial charge in [0.25, 0.3) is 10.0 Å². The molecule has 0 atom stereocenters. The lowest BCUT2D eigenvalue weighted by Gasteiger charge is -2.30. The minimum absolute atomic E-state index is 0.260. The Kier molecular flexibility index (Phi) is 5.89. The second-order valence-electron chi connectivity index (χ2n) is 6.84. The van der Waals surface area contributed by atoms with Gasteiger partial charge in [0.05, 0.1) is 16.3 Å². The number of sulfonamides is 1. The summed E-state index contributed by atoms with van der Waals surface area (Å²) in [4.78, 5) is 2.58. The van der Waals surface area contributed by atoms with Crippen LogP contribution in [0.15, 0.2) is 51.8 Å². The molecule has 2 aromatic carbocycles. The molecule has 0 bridgehead atoms. The second kappa shape index (κ2) is 7.98. The SMILES string of the molecule is Cc1ccc(S(=O)(=O)Nc2ccc(Br)c(NC3CCN(C)CC3)c2)cc1. The number of hydrogen-bond acceptors (Lipinski definition) is 4. The van der Waals surface area contributed by atoms with Crippen molar-refractivity contribution in [1.82, 2.24) is 4.90 Å². The number of likely N-dealkylation sites (tertiary alicyclic amines) is 1. The Labute approximate surface area is 164 Å². The molecule has 0 amide bonds. The molecule has 1 fully saturated rings. The van der Waals surface area contributed by atoms with E-state index in [1.165, 1.54) is 0 Å². The molecule has 7 heteroatoms. The van der Waals surface area contributed by atoms with Crippen LogP contribution in [0.3, 0.4) is 0 Å². The normalized spacial score (nSPS) is 16.4. The van der Waals surface area contributed by atoms with Crippen LogP contribution in [0, 0.1) is 6.92 Å². The van der Waals surface area contributed by atoms with Crippen LogP contribution in [0.5, 0.6) is 0 Å². The van der Waals surface area contributed by atoms with Crippen molar-refractivity contribution in [2.24, 2.45) is 0 Å². The molecule has 3 rings (SSSR count). The molecule has 140 valence electrons. The quantitative estimate of drug-likeness (QED) is 0.739. The van der Waals surface area contributed by atoms with Crippen LogP contribution in [-0.2, 0) is 10.0 Å². The van der Waals surface area contributed by atoms with Gasteiger partial charge in [-0.25, -0.2) is 8.42 Å². The van der Waals surface area contributed by atoms with Crippen LogP contribution < -0.4 is 10.0 Å². The molecule has 0 aliphatic carbocycles. The van der Waals surface area contributed by atoms with Gasteiger partial charge in [0.2, 0.25) is 0 Å². The largest absolute Gasteiger partial charge is 0.381 e. The molecule has 0 unspecified atom stereocenters. The standard InChI is InChI=1S/C19H24BrN3O2S/c1-14-3-6-17(7-4-14)26(24,25)22-16-5-8-18(20)19(13-16)21-15-9-11-23(2)12-10-15/h3-8,13,15,21-22H,9-12H2,1-2H3. The number of halogens is 1. The third-order valence-electron chi connectivity index (χ3n) is 4.63. The highest BCUT2D eigenvalue weighted by atomic mass is 79.9. The van der Waals surface area contributed by atoms with Crippen molar-refractivity contribution in [3.8, 4) is 0 Å². The molecule has 1 aliphatic rings. The summed E-state index contributed by atoms with van der Waals surface area (Å²) < 4.78 is 28.8. The van der Waals surface area contributed by atoms with Gasteiger partial charge in [0, 0.05) is 10.5 Å². The number of anilines is 2. The molecule has 26 heavy (non-hydrogen) atoms. The fourth-order valence-electron chi connectivity index (χ4n) is 3.00. The summed E-state index contributed by atoms with van der Waals surface area (Å²) in [7, 11) is -1.47. The molecule has 1 heterocycles. The van der Waals surface area contributed by atoms with Crippen molar-refractivity contribution in [2.75, 3.05) is 30.2 Å².